The summed E-state index contributed by atoms with van der Waals surface area (Å²) in [5.74, 6) is -0.535. The molecule has 0 fully saturated rings. The summed E-state index contributed by atoms with van der Waals surface area (Å²) in [6.45, 7) is 0. The lowest BCUT2D eigenvalue weighted by Gasteiger charge is -2.09. The molecule has 0 radical (unpaired) electrons. The fraction of sp³-hybridized carbons (Fsp3) is 0.0588. The molecule has 1 aromatic heterocycles. The predicted molar refractivity (Wildman–Crippen MR) is 97.8 cm³/mol. The number of hydrogen-bond donors (Lipinski definition) is 1. The summed E-state index contributed by atoms with van der Waals surface area (Å²) in [5, 5.41) is 7.39. The Morgan fingerprint density at radius 1 is 0.889 bits per heavy atom. The molecule has 3 aromatic rings. The standard InChI is InChI=1S/C17H14FN3O4S2/c1-26(22,23)17-10-9-16(19-20-17)12-3-2-4-14(11-12)21-27(24,25)15-7-5-13(18)6-8-15/h2-11,21H,1H3. The van der Waals surface area contributed by atoms with Crippen molar-refractivity contribution >= 4 is 25.5 Å². The molecule has 0 aliphatic rings. The van der Waals surface area contributed by atoms with Crippen LogP contribution in [0.2, 0.25) is 0 Å². The highest BCUT2D eigenvalue weighted by molar-refractivity contribution is 7.92. The second-order valence-electron chi connectivity index (χ2n) is 5.67. The molecule has 27 heavy (non-hydrogen) atoms. The van der Waals surface area contributed by atoms with E-state index in [1.54, 1.807) is 18.2 Å². The molecule has 0 atom stereocenters. The molecule has 7 nitrogen and oxygen atoms in total. The molecule has 1 heterocycles. The monoisotopic (exact) mass is 407 g/mol. The van der Waals surface area contributed by atoms with Gasteiger partial charge in [-0.25, -0.2) is 21.2 Å². The molecule has 3 rings (SSSR count). The van der Waals surface area contributed by atoms with Crippen molar-refractivity contribution in [1.82, 2.24) is 10.2 Å². The number of halogens is 1. The number of benzene rings is 2. The maximum absolute atomic E-state index is 13.0. The van der Waals surface area contributed by atoms with E-state index in [0.29, 0.717) is 11.3 Å². The van der Waals surface area contributed by atoms with Crippen LogP contribution in [-0.4, -0.2) is 33.3 Å². The van der Waals surface area contributed by atoms with Crippen molar-refractivity contribution in [2.24, 2.45) is 0 Å². The maximum atomic E-state index is 13.0. The molecule has 0 amide bonds. The molecule has 0 spiro atoms. The molecule has 2 aromatic carbocycles. The molecular weight excluding hydrogens is 393 g/mol. The van der Waals surface area contributed by atoms with Gasteiger partial charge >= 0.3 is 0 Å². The van der Waals surface area contributed by atoms with E-state index in [2.05, 4.69) is 14.9 Å². The number of anilines is 1. The minimum absolute atomic E-state index is 0.0772. The van der Waals surface area contributed by atoms with E-state index < -0.39 is 25.7 Å². The van der Waals surface area contributed by atoms with Crippen LogP contribution in [-0.2, 0) is 19.9 Å². The van der Waals surface area contributed by atoms with Crippen LogP contribution in [0.15, 0.2) is 70.6 Å². The lowest BCUT2D eigenvalue weighted by atomic mass is 10.1. The van der Waals surface area contributed by atoms with Crippen LogP contribution >= 0.6 is 0 Å². The fourth-order valence-corrected chi connectivity index (χ4v) is 3.80. The van der Waals surface area contributed by atoms with Gasteiger partial charge in [0.2, 0.25) is 0 Å². The Hall–Kier alpha value is -2.85. The first-order chi connectivity index (χ1) is 12.6. The Labute approximate surface area is 155 Å². The molecule has 1 N–H and O–H groups in total. The van der Waals surface area contributed by atoms with Gasteiger partial charge in [0, 0.05) is 17.5 Å². The average Bonchev–Trinajstić information content (AvgIpc) is 2.61. The molecular formula is C17H14FN3O4S2. The number of aromatic nitrogens is 2. The normalized spacial score (nSPS) is 11.9. The number of sulfonamides is 1. The fourth-order valence-electron chi connectivity index (χ4n) is 2.24. The zero-order valence-corrected chi connectivity index (χ0v) is 15.6. The Morgan fingerprint density at radius 2 is 1.59 bits per heavy atom. The summed E-state index contributed by atoms with van der Waals surface area (Å²) in [5.41, 5.74) is 1.19. The zero-order valence-electron chi connectivity index (χ0n) is 14.0. The minimum atomic E-state index is -3.89. The van der Waals surface area contributed by atoms with Crippen LogP contribution in [0, 0.1) is 5.82 Å². The van der Waals surface area contributed by atoms with Gasteiger partial charge in [0.15, 0.2) is 14.9 Å². The quantitative estimate of drug-likeness (QED) is 0.696. The summed E-state index contributed by atoms with van der Waals surface area (Å²) in [6.07, 6.45) is 1.03. The number of nitrogens with one attached hydrogen (secondary N) is 1. The third-order valence-corrected chi connectivity index (χ3v) is 5.93. The first-order valence-corrected chi connectivity index (χ1v) is 11.0. The number of rotatable bonds is 5. The van der Waals surface area contributed by atoms with Gasteiger partial charge in [0.1, 0.15) is 5.82 Å². The van der Waals surface area contributed by atoms with Crippen LogP contribution in [0.25, 0.3) is 11.3 Å². The molecule has 140 valence electrons. The Kier molecular flexibility index (Phi) is 4.94. The van der Waals surface area contributed by atoms with Gasteiger partial charge in [0.05, 0.1) is 10.6 Å². The van der Waals surface area contributed by atoms with E-state index in [4.69, 9.17) is 0 Å². The van der Waals surface area contributed by atoms with Crippen LogP contribution in [0.3, 0.4) is 0 Å². The molecule has 0 saturated heterocycles. The van der Waals surface area contributed by atoms with Crippen LogP contribution in [0.1, 0.15) is 0 Å². The molecule has 0 aliphatic carbocycles. The molecule has 0 saturated carbocycles. The first kappa shape index (κ1) is 18.9. The molecule has 0 bridgehead atoms. The van der Waals surface area contributed by atoms with Crippen molar-refractivity contribution in [2.45, 2.75) is 9.92 Å². The highest BCUT2D eigenvalue weighted by Gasteiger charge is 2.15. The summed E-state index contributed by atoms with van der Waals surface area (Å²) < 4.78 is 63.0. The van der Waals surface area contributed by atoms with Crippen LogP contribution in [0.4, 0.5) is 10.1 Å². The summed E-state index contributed by atoms with van der Waals surface area (Å²) in [4.78, 5) is -0.0772. The third kappa shape index (κ3) is 4.47. The van der Waals surface area contributed by atoms with Gasteiger partial charge in [-0.3, -0.25) is 4.72 Å². The second kappa shape index (κ2) is 7.05. The van der Waals surface area contributed by atoms with Gasteiger partial charge in [0.25, 0.3) is 10.0 Å². The summed E-state index contributed by atoms with van der Waals surface area (Å²) in [7, 11) is -7.35. The van der Waals surface area contributed by atoms with E-state index in [9.17, 15) is 21.2 Å². The zero-order chi connectivity index (χ0) is 19.7. The highest BCUT2D eigenvalue weighted by atomic mass is 32.2. The molecule has 0 aliphatic heterocycles. The van der Waals surface area contributed by atoms with Gasteiger partial charge in [-0.1, -0.05) is 12.1 Å². The van der Waals surface area contributed by atoms with Gasteiger partial charge < -0.3 is 0 Å². The Morgan fingerprint density at radius 3 is 2.19 bits per heavy atom. The lowest BCUT2D eigenvalue weighted by Crippen LogP contribution is -2.13. The average molecular weight is 407 g/mol. The molecule has 10 heteroatoms. The van der Waals surface area contributed by atoms with Crippen molar-refractivity contribution in [1.29, 1.82) is 0 Å². The Balaban J connectivity index is 1.88. The second-order valence-corrected chi connectivity index (χ2v) is 9.31. The van der Waals surface area contributed by atoms with Crippen molar-refractivity contribution in [3.05, 3.63) is 66.5 Å². The first-order valence-electron chi connectivity index (χ1n) is 7.58. The summed E-state index contributed by atoms with van der Waals surface area (Å²) >= 11 is 0. The smallest absolute Gasteiger partial charge is 0.261 e. The van der Waals surface area contributed by atoms with E-state index >= 15 is 0 Å². The SMILES string of the molecule is CS(=O)(=O)c1ccc(-c2cccc(NS(=O)(=O)c3ccc(F)cc3)c2)nn1. The number of nitrogens with zero attached hydrogens (tertiary/aromatic N) is 2. The Bertz CT molecular complexity index is 1180. The van der Waals surface area contributed by atoms with E-state index in [1.807, 2.05) is 0 Å². The van der Waals surface area contributed by atoms with Gasteiger partial charge in [-0.2, -0.15) is 0 Å². The van der Waals surface area contributed by atoms with Crippen LogP contribution in [0.5, 0.6) is 0 Å². The maximum Gasteiger partial charge on any atom is 0.261 e. The highest BCUT2D eigenvalue weighted by Crippen LogP contribution is 2.23. The van der Waals surface area contributed by atoms with Gasteiger partial charge in [-0.15, -0.1) is 10.2 Å². The van der Waals surface area contributed by atoms with E-state index in [-0.39, 0.29) is 15.6 Å². The van der Waals surface area contributed by atoms with E-state index in [0.717, 1.165) is 30.5 Å². The summed E-state index contributed by atoms with van der Waals surface area (Å²) in [6, 6.07) is 13.6. The largest absolute Gasteiger partial charge is 0.280 e. The lowest BCUT2D eigenvalue weighted by molar-refractivity contribution is 0.595. The predicted octanol–water partition coefficient (Wildman–Crippen LogP) is 2.49. The van der Waals surface area contributed by atoms with Crippen molar-refractivity contribution in [2.75, 3.05) is 11.0 Å². The van der Waals surface area contributed by atoms with Crippen molar-refractivity contribution in [3.8, 4) is 11.3 Å². The third-order valence-electron chi connectivity index (χ3n) is 3.55. The van der Waals surface area contributed by atoms with E-state index in [1.165, 1.54) is 18.2 Å². The number of hydrogen-bond acceptors (Lipinski definition) is 6. The van der Waals surface area contributed by atoms with Gasteiger partial charge in [-0.05, 0) is 48.5 Å². The van der Waals surface area contributed by atoms with Crippen LogP contribution < -0.4 is 4.72 Å². The molecule has 0 unspecified atom stereocenters. The number of sulfone groups is 1. The minimum Gasteiger partial charge on any atom is -0.280 e. The van der Waals surface area contributed by atoms with Crippen molar-refractivity contribution < 1.29 is 21.2 Å². The van der Waals surface area contributed by atoms with Crippen molar-refractivity contribution in [3.63, 3.8) is 0 Å². The topological polar surface area (TPSA) is 106 Å².